The molecule has 8 nitrogen and oxygen atoms in total. The Hall–Kier alpha value is -3.46. The third kappa shape index (κ3) is 6.02. The van der Waals surface area contributed by atoms with E-state index in [0.29, 0.717) is 16.3 Å². The topological polar surface area (TPSA) is 106 Å². The molecule has 3 aromatic rings. The third-order valence-corrected chi connectivity index (χ3v) is 4.48. The van der Waals surface area contributed by atoms with Crippen LogP contribution in [-0.2, 0) is 4.79 Å². The molecule has 2 amide bonds. The Morgan fingerprint density at radius 2 is 1.87 bits per heavy atom. The number of nitrogens with zero attached hydrogens (tertiary/aromatic N) is 2. The number of amides is 2. The van der Waals surface area contributed by atoms with Gasteiger partial charge in [0, 0.05) is 23.7 Å². The van der Waals surface area contributed by atoms with Gasteiger partial charge in [0.05, 0.1) is 0 Å². The van der Waals surface area contributed by atoms with E-state index in [-0.39, 0.29) is 30.7 Å². The Labute approximate surface area is 182 Å². The Balaban J connectivity index is 1.43. The molecule has 0 aliphatic carbocycles. The Morgan fingerprint density at radius 1 is 1.16 bits per heavy atom. The number of nitrogens with one attached hydrogen (secondary N) is 2. The summed E-state index contributed by atoms with van der Waals surface area (Å²) in [4.78, 5) is 28.3. The molecule has 1 unspecified atom stereocenters. The minimum absolute atomic E-state index is 0.144. The number of rotatable bonds is 8. The maximum atomic E-state index is 13.0. The van der Waals surface area contributed by atoms with Crippen LogP contribution >= 0.6 is 11.6 Å². The van der Waals surface area contributed by atoms with Crippen molar-refractivity contribution < 1.29 is 23.2 Å². The summed E-state index contributed by atoms with van der Waals surface area (Å²) in [5, 5.41) is 9.53. The van der Waals surface area contributed by atoms with Crippen molar-refractivity contribution >= 4 is 23.4 Å². The van der Waals surface area contributed by atoms with Gasteiger partial charge in [-0.2, -0.15) is 4.98 Å². The largest absolute Gasteiger partial charge is 0.481 e. The standard InChI is InChI=1S/C21H20ClFN4O4/c1-12-11-15(22)5-8-17(12)30-13(2)19(28)24-9-10-25-20(29)21-26-18(27-31-21)14-3-6-16(23)7-4-14/h3-8,11,13H,9-10H2,1-2H3,(H,24,28)(H,25,29). The van der Waals surface area contributed by atoms with Crippen molar-refractivity contribution in [1.29, 1.82) is 0 Å². The highest BCUT2D eigenvalue weighted by Crippen LogP contribution is 2.22. The quantitative estimate of drug-likeness (QED) is 0.515. The van der Waals surface area contributed by atoms with Gasteiger partial charge in [0.2, 0.25) is 5.82 Å². The Bertz CT molecular complexity index is 1070. The fourth-order valence-corrected chi connectivity index (χ4v) is 2.83. The number of hydrogen-bond donors (Lipinski definition) is 2. The van der Waals surface area contributed by atoms with Crippen molar-refractivity contribution in [2.45, 2.75) is 20.0 Å². The summed E-state index contributed by atoms with van der Waals surface area (Å²) >= 11 is 5.91. The van der Waals surface area contributed by atoms with E-state index >= 15 is 0 Å². The summed E-state index contributed by atoms with van der Waals surface area (Å²) in [7, 11) is 0. The molecule has 31 heavy (non-hydrogen) atoms. The van der Waals surface area contributed by atoms with E-state index in [9.17, 15) is 14.0 Å². The molecule has 1 heterocycles. The molecule has 0 saturated carbocycles. The number of carbonyl (C=O) groups is 2. The van der Waals surface area contributed by atoms with E-state index in [1.54, 1.807) is 25.1 Å². The van der Waals surface area contributed by atoms with Gasteiger partial charge in [-0.1, -0.05) is 16.8 Å². The number of hydrogen-bond acceptors (Lipinski definition) is 6. The van der Waals surface area contributed by atoms with Gasteiger partial charge in [-0.25, -0.2) is 4.39 Å². The monoisotopic (exact) mass is 446 g/mol. The fourth-order valence-electron chi connectivity index (χ4n) is 2.60. The number of benzene rings is 2. The average molecular weight is 447 g/mol. The van der Waals surface area contributed by atoms with E-state index in [1.165, 1.54) is 24.3 Å². The highest BCUT2D eigenvalue weighted by Gasteiger charge is 2.17. The van der Waals surface area contributed by atoms with E-state index in [0.717, 1.165) is 5.56 Å². The van der Waals surface area contributed by atoms with E-state index in [2.05, 4.69) is 20.8 Å². The molecule has 0 saturated heterocycles. The van der Waals surface area contributed by atoms with Gasteiger partial charge in [-0.15, -0.1) is 0 Å². The van der Waals surface area contributed by atoms with Crippen LogP contribution in [0.2, 0.25) is 5.02 Å². The van der Waals surface area contributed by atoms with Gasteiger partial charge in [-0.05, 0) is 61.9 Å². The molecule has 2 aromatic carbocycles. The molecule has 2 N–H and O–H groups in total. The van der Waals surface area contributed by atoms with Gasteiger partial charge < -0.3 is 19.9 Å². The lowest BCUT2D eigenvalue weighted by Gasteiger charge is -2.16. The molecular weight excluding hydrogens is 427 g/mol. The molecule has 0 aliphatic rings. The first-order chi connectivity index (χ1) is 14.8. The van der Waals surface area contributed by atoms with E-state index < -0.39 is 17.8 Å². The summed E-state index contributed by atoms with van der Waals surface area (Å²) in [5.74, 6) is -0.817. The summed E-state index contributed by atoms with van der Waals surface area (Å²) in [6, 6.07) is 10.6. The molecule has 3 rings (SSSR count). The third-order valence-electron chi connectivity index (χ3n) is 4.24. The maximum Gasteiger partial charge on any atom is 0.316 e. The number of aryl methyl sites for hydroxylation is 1. The van der Waals surface area contributed by atoms with Gasteiger partial charge >= 0.3 is 11.8 Å². The molecule has 10 heteroatoms. The molecular formula is C21H20ClFN4O4. The predicted octanol–water partition coefficient (Wildman–Crippen LogP) is 3.15. The number of ether oxygens (including phenoxy) is 1. The Kier molecular flexibility index (Phi) is 7.19. The lowest BCUT2D eigenvalue weighted by atomic mass is 10.2. The molecule has 0 bridgehead atoms. The Morgan fingerprint density at radius 3 is 2.58 bits per heavy atom. The maximum absolute atomic E-state index is 13.0. The first kappa shape index (κ1) is 22.2. The number of halogens is 2. The van der Waals surface area contributed by atoms with Crippen LogP contribution in [0.4, 0.5) is 4.39 Å². The van der Waals surface area contributed by atoms with Crippen molar-refractivity contribution in [2.75, 3.05) is 13.1 Å². The molecule has 0 radical (unpaired) electrons. The molecule has 0 fully saturated rings. The lowest BCUT2D eigenvalue weighted by Crippen LogP contribution is -2.40. The van der Waals surface area contributed by atoms with Crippen LogP contribution in [0.1, 0.15) is 23.2 Å². The first-order valence-electron chi connectivity index (χ1n) is 9.42. The highest BCUT2D eigenvalue weighted by molar-refractivity contribution is 6.30. The predicted molar refractivity (Wildman–Crippen MR) is 111 cm³/mol. The van der Waals surface area contributed by atoms with E-state index in [4.69, 9.17) is 20.9 Å². The average Bonchev–Trinajstić information content (AvgIpc) is 3.23. The zero-order valence-electron chi connectivity index (χ0n) is 16.8. The van der Waals surface area contributed by atoms with Crippen LogP contribution in [0.5, 0.6) is 5.75 Å². The molecule has 162 valence electrons. The van der Waals surface area contributed by atoms with Gasteiger partial charge in [0.15, 0.2) is 6.10 Å². The minimum atomic E-state index is -0.732. The van der Waals surface area contributed by atoms with Crippen molar-refractivity contribution in [3.05, 3.63) is 64.8 Å². The summed E-state index contributed by atoms with van der Waals surface area (Å²) < 4.78 is 23.6. The molecule has 1 aromatic heterocycles. The van der Waals surface area contributed by atoms with Gasteiger partial charge in [-0.3, -0.25) is 9.59 Å². The smallest absolute Gasteiger partial charge is 0.316 e. The van der Waals surface area contributed by atoms with Crippen molar-refractivity contribution in [1.82, 2.24) is 20.8 Å². The van der Waals surface area contributed by atoms with Gasteiger partial charge in [0.25, 0.3) is 5.91 Å². The number of aromatic nitrogens is 2. The van der Waals surface area contributed by atoms with Crippen molar-refractivity contribution in [2.24, 2.45) is 0 Å². The van der Waals surface area contributed by atoms with Gasteiger partial charge in [0.1, 0.15) is 11.6 Å². The van der Waals surface area contributed by atoms with Crippen LogP contribution in [0, 0.1) is 12.7 Å². The lowest BCUT2D eigenvalue weighted by molar-refractivity contribution is -0.127. The molecule has 0 aliphatic heterocycles. The minimum Gasteiger partial charge on any atom is -0.481 e. The van der Waals surface area contributed by atoms with Crippen molar-refractivity contribution in [3.8, 4) is 17.1 Å². The second-order valence-electron chi connectivity index (χ2n) is 6.65. The van der Waals surface area contributed by atoms with Crippen LogP contribution < -0.4 is 15.4 Å². The summed E-state index contributed by atoms with van der Waals surface area (Å²) in [5.41, 5.74) is 1.33. The molecule has 0 spiro atoms. The van der Waals surface area contributed by atoms with Crippen molar-refractivity contribution in [3.63, 3.8) is 0 Å². The van der Waals surface area contributed by atoms with Crippen LogP contribution in [-0.4, -0.2) is 41.1 Å². The second-order valence-corrected chi connectivity index (χ2v) is 7.08. The van der Waals surface area contributed by atoms with E-state index in [1.807, 2.05) is 6.92 Å². The second kappa shape index (κ2) is 10.0. The van der Waals surface area contributed by atoms with Crippen LogP contribution in [0.3, 0.4) is 0 Å². The molecule has 1 atom stereocenters. The van der Waals surface area contributed by atoms with Crippen LogP contribution in [0.25, 0.3) is 11.4 Å². The zero-order chi connectivity index (χ0) is 22.4. The SMILES string of the molecule is Cc1cc(Cl)ccc1OC(C)C(=O)NCCNC(=O)c1nc(-c2ccc(F)cc2)no1. The van der Waals surface area contributed by atoms with Crippen LogP contribution in [0.15, 0.2) is 47.0 Å². The first-order valence-corrected chi connectivity index (χ1v) is 9.79. The zero-order valence-corrected chi connectivity index (χ0v) is 17.6. The fraction of sp³-hybridized carbons (Fsp3) is 0.238. The summed E-state index contributed by atoms with van der Waals surface area (Å²) in [6.07, 6.45) is -0.732. The normalized spacial score (nSPS) is 11.6. The summed E-state index contributed by atoms with van der Waals surface area (Å²) in [6.45, 7) is 3.78. The number of carbonyl (C=O) groups excluding carboxylic acids is 2. The highest BCUT2D eigenvalue weighted by atomic mass is 35.5.